The lowest BCUT2D eigenvalue weighted by molar-refractivity contribution is 0.0732. The largest absolute Gasteiger partial charge is 0.423 e. The molecule has 0 spiro atoms. The van der Waals surface area contributed by atoms with Crippen LogP contribution in [0.1, 0.15) is 36.6 Å². The lowest BCUT2D eigenvalue weighted by Gasteiger charge is -2.11. The average molecular weight is 533 g/mol. The van der Waals surface area contributed by atoms with E-state index in [9.17, 15) is 14.4 Å². The molecule has 4 rings (SSSR count). The summed E-state index contributed by atoms with van der Waals surface area (Å²) in [4.78, 5) is 37.7. The van der Waals surface area contributed by atoms with E-state index in [0.717, 1.165) is 0 Å². The van der Waals surface area contributed by atoms with Crippen molar-refractivity contribution < 1.29 is 23.9 Å². The lowest BCUT2D eigenvalue weighted by atomic mass is 10.2. The highest BCUT2D eigenvalue weighted by molar-refractivity contribution is 6.34. The zero-order valence-electron chi connectivity index (χ0n) is 19.1. The van der Waals surface area contributed by atoms with Crippen LogP contribution in [0.15, 0.2) is 102 Å². The molecule has 0 saturated heterocycles. The third-order valence-electron chi connectivity index (χ3n) is 4.99. The van der Waals surface area contributed by atoms with Gasteiger partial charge in [0.2, 0.25) is 0 Å². The molecule has 0 bridgehead atoms. The summed E-state index contributed by atoms with van der Waals surface area (Å²) in [7, 11) is 0. The fraction of sp³-hybridized carbons (Fsp3) is 0. The van der Waals surface area contributed by atoms with E-state index in [4.69, 9.17) is 32.7 Å². The molecular formula is C28H18Cl2N2O5. The Balaban J connectivity index is 1.59. The van der Waals surface area contributed by atoms with Crippen molar-refractivity contribution in [2.24, 2.45) is 5.10 Å². The summed E-state index contributed by atoms with van der Waals surface area (Å²) in [5.74, 6) is -1.73. The van der Waals surface area contributed by atoms with Gasteiger partial charge in [0.1, 0.15) is 11.5 Å². The van der Waals surface area contributed by atoms with Gasteiger partial charge in [0.25, 0.3) is 5.91 Å². The Bertz CT molecular complexity index is 1490. The van der Waals surface area contributed by atoms with Crippen molar-refractivity contribution in [1.82, 2.24) is 5.43 Å². The third kappa shape index (κ3) is 6.61. The first-order valence-electron chi connectivity index (χ1n) is 10.9. The molecule has 0 unspecified atom stereocenters. The van der Waals surface area contributed by atoms with Crippen LogP contribution < -0.4 is 14.9 Å². The molecular weight excluding hydrogens is 515 g/mol. The van der Waals surface area contributed by atoms with E-state index in [1.54, 1.807) is 66.7 Å². The van der Waals surface area contributed by atoms with Gasteiger partial charge in [-0.2, -0.15) is 5.10 Å². The van der Waals surface area contributed by atoms with Crippen molar-refractivity contribution in [3.63, 3.8) is 0 Å². The summed E-state index contributed by atoms with van der Waals surface area (Å²) in [6.07, 6.45) is 1.30. The Morgan fingerprint density at radius 2 is 1.27 bits per heavy atom. The standard InChI is InChI=1S/C28H18Cl2N2O5/c29-23-12-6-4-10-21(23)27(34)36-20-15-14-19(17-31-32-26(33)18-8-2-1-3-9-18)25(16-20)37-28(35)22-11-5-7-13-24(22)30/h1-17H,(H,32,33)/b31-17+. The maximum atomic E-state index is 12.8. The lowest BCUT2D eigenvalue weighted by Crippen LogP contribution is -2.17. The normalized spacial score (nSPS) is 10.6. The molecule has 0 aromatic heterocycles. The fourth-order valence-electron chi connectivity index (χ4n) is 3.16. The molecule has 9 heteroatoms. The van der Waals surface area contributed by atoms with Crippen LogP contribution >= 0.6 is 23.2 Å². The van der Waals surface area contributed by atoms with Crippen LogP contribution in [-0.2, 0) is 0 Å². The van der Waals surface area contributed by atoms with Crippen molar-refractivity contribution in [3.05, 3.63) is 129 Å². The molecule has 37 heavy (non-hydrogen) atoms. The van der Waals surface area contributed by atoms with Gasteiger partial charge in [0.15, 0.2) is 0 Å². The Kier molecular flexibility index (Phi) is 8.30. The van der Waals surface area contributed by atoms with E-state index < -0.39 is 17.8 Å². The Morgan fingerprint density at radius 1 is 0.703 bits per heavy atom. The summed E-state index contributed by atoms with van der Waals surface area (Å²) < 4.78 is 11.0. The molecule has 0 aliphatic rings. The third-order valence-corrected chi connectivity index (χ3v) is 5.65. The smallest absolute Gasteiger partial charge is 0.345 e. The van der Waals surface area contributed by atoms with E-state index in [0.29, 0.717) is 11.1 Å². The molecule has 4 aromatic rings. The second kappa shape index (κ2) is 12.0. The van der Waals surface area contributed by atoms with E-state index in [1.807, 2.05) is 0 Å². The number of amides is 1. The minimum Gasteiger partial charge on any atom is -0.423 e. The molecule has 0 aliphatic heterocycles. The number of carbonyl (C=O) groups excluding carboxylic acids is 3. The van der Waals surface area contributed by atoms with Crippen LogP contribution in [-0.4, -0.2) is 24.1 Å². The van der Waals surface area contributed by atoms with Crippen LogP contribution in [0.3, 0.4) is 0 Å². The van der Waals surface area contributed by atoms with Gasteiger partial charge in [-0.3, -0.25) is 4.79 Å². The zero-order chi connectivity index (χ0) is 26.2. The monoisotopic (exact) mass is 532 g/mol. The van der Waals surface area contributed by atoms with Crippen LogP contribution in [0.4, 0.5) is 0 Å². The number of benzene rings is 4. The Morgan fingerprint density at radius 3 is 1.89 bits per heavy atom. The van der Waals surface area contributed by atoms with Crippen molar-refractivity contribution in [2.75, 3.05) is 0 Å². The summed E-state index contributed by atoms with van der Waals surface area (Å²) in [5.41, 5.74) is 3.48. The molecule has 0 atom stereocenters. The van der Waals surface area contributed by atoms with E-state index in [-0.39, 0.29) is 32.7 Å². The summed E-state index contributed by atoms with van der Waals surface area (Å²) in [6, 6.07) is 25.7. The fourth-order valence-corrected chi connectivity index (χ4v) is 3.58. The van der Waals surface area contributed by atoms with Crippen LogP contribution in [0, 0.1) is 0 Å². The Labute approximate surface area is 222 Å². The molecule has 0 heterocycles. The first kappa shape index (κ1) is 25.6. The number of ether oxygens (including phenoxy) is 2. The number of hydrogen-bond donors (Lipinski definition) is 1. The number of hydrazone groups is 1. The quantitative estimate of drug-likeness (QED) is 0.132. The number of nitrogens with zero attached hydrogens (tertiary/aromatic N) is 1. The summed E-state index contributed by atoms with van der Waals surface area (Å²) in [6.45, 7) is 0. The predicted octanol–water partition coefficient (Wildman–Crippen LogP) is 6.20. The van der Waals surface area contributed by atoms with Crippen molar-refractivity contribution >= 4 is 47.3 Å². The molecule has 4 aromatic carbocycles. The highest BCUT2D eigenvalue weighted by atomic mass is 35.5. The van der Waals surface area contributed by atoms with Crippen LogP contribution in [0.5, 0.6) is 11.5 Å². The van der Waals surface area contributed by atoms with Gasteiger partial charge < -0.3 is 9.47 Å². The van der Waals surface area contributed by atoms with Gasteiger partial charge in [0, 0.05) is 17.2 Å². The molecule has 0 radical (unpaired) electrons. The first-order chi connectivity index (χ1) is 17.9. The van der Waals surface area contributed by atoms with Crippen molar-refractivity contribution in [1.29, 1.82) is 0 Å². The minimum atomic E-state index is -0.733. The number of halogens is 2. The number of nitrogens with one attached hydrogen (secondary N) is 1. The Hall–Kier alpha value is -4.46. The molecule has 0 aliphatic carbocycles. The van der Waals surface area contributed by atoms with Gasteiger partial charge in [-0.25, -0.2) is 15.0 Å². The topological polar surface area (TPSA) is 94.1 Å². The molecule has 1 N–H and O–H groups in total. The number of esters is 2. The number of carbonyl (C=O) groups is 3. The highest BCUT2D eigenvalue weighted by Gasteiger charge is 2.17. The van der Waals surface area contributed by atoms with Crippen LogP contribution in [0.25, 0.3) is 0 Å². The minimum absolute atomic E-state index is 0.0205. The van der Waals surface area contributed by atoms with Crippen molar-refractivity contribution in [2.45, 2.75) is 0 Å². The predicted molar refractivity (Wildman–Crippen MR) is 141 cm³/mol. The van der Waals surface area contributed by atoms with Gasteiger partial charge >= 0.3 is 11.9 Å². The number of hydrogen-bond acceptors (Lipinski definition) is 6. The molecule has 1 amide bonds. The van der Waals surface area contributed by atoms with E-state index in [2.05, 4.69) is 10.5 Å². The van der Waals surface area contributed by atoms with E-state index in [1.165, 1.54) is 36.5 Å². The molecule has 184 valence electrons. The SMILES string of the molecule is O=C(N/N=C/c1ccc(OC(=O)c2ccccc2Cl)cc1OC(=O)c1ccccc1Cl)c1ccccc1. The second-order valence-corrected chi connectivity index (χ2v) is 8.32. The average Bonchev–Trinajstić information content (AvgIpc) is 2.90. The molecule has 7 nitrogen and oxygen atoms in total. The summed E-state index contributed by atoms with van der Waals surface area (Å²) in [5, 5.41) is 4.40. The maximum absolute atomic E-state index is 12.8. The molecule has 0 fully saturated rings. The zero-order valence-corrected chi connectivity index (χ0v) is 20.6. The summed E-state index contributed by atoms with van der Waals surface area (Å²) >= 11 is 12.2. The molecule has 0 saturated carbocycles. The van der Waals surface area contributed by atoms with E-state index >= 15 is 0 Å². The van der Waals surface area contributed by atoms with Gasteiger partial charge in [-0.05, 0) is 48.5 Å². The van der Waals surface area contributed by atoms with Crippen molar-refractivity contribution in [3.8, 4) is 11.5 Å². The van der Waals surface area contributed by atoms with Crippen LogP contribution in [0.2, 0.25) is 10.0 Å². The van der Waals surface area contributed by atoms with Gasteiger partial charge in [0.05, 0.1) is 27.4 Å². The second-order valence-electron chi connectivity index (χ2n) is 7.50. The number of rotatable bonds is 7. The highest BCUT2D eigenvalue weighted by Crippen LogP contribution is 2.27. The first-order valence-corrected chi connectivity index (χ1v) is 11.6. The van der Waals surface area contributed by atoms with Gasteiger partial charge in [-0.1, -0.05) is 65.7 Å². The maximum Gasteiger partial charge on any atom is 0.345 e. The van der Waals surface area contributed by atoms with Gasteiger partial charge in [-0.15, -0.1) is 0 Å².